The van der Waals surface area contributed by atoms with Crippen molar-refractivity contribution in [1.29, 1.82) is 0 Å². The van der Waals surface area contributed by atoms with E-state index in [-0.39, 0.29) is 40.8 Å². The molecule has 2 aromatic heterocycles. The van der Waals surface area contributed by atoms with Crippen LogP contribution in [0, 0.1) is 10.1 Å². The van der Waals surface area contributed by atoms with Gasteiger partial charge in [-0.15, -0.1) is 11.3 Å². The van der Waals surface area contributed by atoms with Crippen LogP contribution in [-0.4, -0.2) is 67.5 Å². The number of nitrogens with one attached hydrogen (secondary N) is 1. The van der Waals surface area contributed by atoms with Gasteiger partial charge in [0.05, 0.1) is 33.9 Å². The van der Waals surface area contributed by atoms with Gasteiger partial charge in [-0.25, -0.2) is 13.2 Å². The molecule has 0 atom stereocenters. The van der Waals surface area contributed by atoms with E-state index in [2.05, 4.69) is 10.3 Å². The van der Waals surface area contributed by atoms with Crippen LogP contribution in [0.5, 0.6) is 0 Å². The van der Waals surface area contributed by atoms with Crippen LogP contribution >= 0.6 is 22.7 Å². The van der Waals surface area contributed by atoms with Crippen LogP contribution in [-0.2, 0) is 48.3 Å². The molecule has 3 aromatic rings. The van der Waals surface area contributed by atoms with Crippen molar-refractivity contribution < 1.29 is 37.2 Å². The van der Waals surface area contributed by atoms with Crippen molar-refractivity contribution in [3.8, 4) is 0 Å². The molecule has 4 rings (SSSR count). The summed E-state index contributed by atoms with van der Waals surface area (Å²) in [5.74, 6) is -4.45. The Morgan fingerprint density at radius 1 is 1.14 bits per heavy atom. The number of hydrogen-bond donors (Lipinski definition) is 1. The minimum Gasteiger partial charge on any atom is -0.462 e. The van der Waals surface area contributed by atoms with Crippen molar-refractivity contribution in [1.82, 2.24) is 4.57 Å². The molecule has 13 nitrogen and oxygen atoms in total. The molecule has 1 aliphatic rings. The molecular weight excluding hydrogens is 609 g/mol. The Morgan fingerprint density at radius 2 is 1.90 bits per heavy atom. The fourth-order valence-corrected chi connectivity index (χ4v) is 8.06. The van der Waals surface area contributed by atoms with Crippen LogP contribution in [0.2, 0.25) is 0 Å². The van der Waals surface area contributed by atoms with Gasteiger partial charge in [-0.3, -0.25) is 19.7 Å². The normalized spacial score (nSPS) is 13.9. The van der Waals surface area contributed by atoms with Gasteiger partial charge in [-0.1, -0.05) is 17.8 Å². The highest BCUT2D eigenvalue weighted by molar-refractivity contribution is 7.92. The van der Waals surface area contributed by atoms with Gasteiger partial charge in [0.25, 0.3) is 11.6 Å². The number of ether oxygens (including phenoxy) is 2. The highest BCUT2D eigenvalue weighted by atomic mass is 32.2. The third-order valence-corrected chi connectivity index (χ3v) is 10.1. The van der Waals surface area contributed by atoms with Crippen LogP contribution in [0.4, 0.5) is 10.7 Å². The van der Waals surface area contributed by atoms with Crippen molar-refractivity contribution >= 4 is 71.2 Å². The number of fused-ring (bicyclic) bond motifs is 2. The zero-order chi connectivity index (χ0) is 30.4. The number of anilines is 1. The van der Waals surface area contributed by atoms with E-state index in [0.717, 1.165) is 47.5 Å². The van der Waals surface area contributed by atoms with E-state index in [4.69, 9.17) is 9.47 Å². The van der Waals surface area contributed by atoms with Gasteiger partial charge in [0.15, 0.2) is 14.6 Å². The van der Waals surface area contributed by atoms with Crippen molar-refractivity contribution in [2.45, 2.75) is 45.6 Å². The molecule has 0 unspecified atom stereocenters. The Balaban J connectivity index is 1.53. The molecule has 1 aromatic carbocycles. The lowest BCUT2D eigenvalue weighted by atomic mass is 10.1. The zero-order valence-corrected chi connectivity index (χ0v) is 25.5. The summed E-state index contributed by atoms with van der Waals surface area (Å²) in [6.07, 6.45) is 4.29. The number of nitro groups is 1. The SMILES string of the molecule is CCOC(=O)c1c(NC(=O)CS(=O)(=O)CC(=O)N=c2sc3cc([N+](=O)[O-])ccc3n2CCOC)sc2c1CCCCC2. The van der Waals surface area contributed by atoms with E-state index in [1.807, 2.05) is 0 Å². The first-order valence-electron chi connectivity index (χ1n) is 13.2. The standard InChI is InChI=1S/C26H30N4O9S3/c1-3-39-25(33)23-17-7-5-4-6-8-19(17)40-24(23)27-21(31)14-42(36,37)15-22(32)28-26-29(11-12-38-2)18-10-9-16(30(34)35)13-20(18)41-26/h9-10,13H,3-8,11-12,14-15H2,1-2H3,(H,27,31). The van der Waals surface area contributed by atoms with Crippen LogP contribution in [0.15, 0.2) is 23.2 Å². The highest BCUT2D eigenvalue weighted by Gasteiger charge is 2.28. The Morgan fingerprint density at radius 3 is 2.62 bits per heavy atom. The second-order valence-electron chi connectivity index (χ2n) is 9.51. The van der Waals surface area contributed by atoms with E-state index in [1.54, 1.807) is 11.5 Å². The molecule has 0 bridgehead atoms. The van der Waals surface area contributed by atoms with Crippen molar-refractivity contribution in [3.05, 3.63) is 49.1 Å². The van der Waals surface area contributed by atoms with Crippen molar-refractivity contribution in [3.63, 3.8) is 0 Å². The first-order chi connectivity index (χ1) is 20.0. The number of rotatable bonds is 11. The molecule has 1 aliphatic carbocycles. The molecule has 0 saturated heterocycles. The predicted octanol–water partition coefficient (Wildman–Crippen LogP) is 3.25. The Hall–Kier alpha value is -3.47. The minimum atomic E-state index is -4.23. The third kappa shape index (κ3) is 7.48. The highest BCUT2D eigenvalue weighted by Crippen LogP contribution is 2.38. The summed E-state index contributed by atoms with van der Waals surface area (Å²) in [7, 11) is -2.75. The number of benzene rings is 1. The van der Waals surface area contributed by atoms with E-state index in [9.17, 15) is 32.9 Å². The summed E-state index contributed by atoms with van der Waals surface area (Å²) in [5, 5.41) is 14.0. The van der Waals surface area contributed by atoms with Gasteiger partial charge in [0, 0.05) is 30.7 Å². The molecule has 42 heavy (non-hydrogen) atoms. The maximum atomic E-state index is 12.8. The lowest BCUT2D eigenvalue weighted by Crippen LogP contribution is -2.28. The topological polar surface area (TPSA) is 176 Å². The predicted molar refractivity (Wildman–Crippen MR) is 158 cm³/mol. The van der Waals surface area contributed by atoms with Crippen molar-refractivity contribution in [2.75, 3.05) is 37.1 Å². The fraction of sp³-hybridized carbons (Fsp3) is 0.462. The molecule has 2 amide bonds. The number of nitro benzene ring substituents is 1. The number of sulfone groups is 1. The van der Waals surface area contributed by atoms with Gasteiger partial charge in [-0.05, 0) is 44.2 Å². The van der Waals surface area contributed by atoms with Gasteiger partial charge >= 0.3 is 5.97 Å². The molecular formula is C26H30N4O9S3. The summed E-state index contributed by atoms with van der Waals surface area (Å²) in [5.41, 5.74) is 1.53. The monoisotopic (exact) mass is 638 g/mol. The molecule has 16 heteroatoms. The lowest BCUT2D eigenvalue weighted by Gasteiger charge is -2.08. The number of hydrogen-bond acceptors (Lipinski definition) is 11. The minimum absolute atomic E-state index is 0.137. The molecule has 0 aliphatic heterocycles. The van der Waals surface area contributed by atoms with E-state index in [0.29, 0.717) is 16.6 Å². The van der Waals surface area contributed by atoms with Gasteiger partial charge in [0.2, 0.25) is 5.91 Å². The molecule has 0 saturated carbocycles. The lowest BCUT2D eigenvalue weighted by molar-refractivity contribution is -0.384. The number of carbonyl (C=O) groups excluding carboxylic acids is 3. The smallest absolute Gasteiger partial charge is 0.341 e. The molecule has 0 spiro atoms. The van der Waals surface area contributed by atoms with Gasteiger partial charge in [0.1, 0.15) is 16.5 Å². The largest absolute Gasteiger partial charge is 0.462 e. The molecule has 2 heterocycles. The molecule has 0 radical (unpaired) electrons. The Kier molecular flexibility index (Phi) is 10.2. The quantitative estimate of drug-likeness (QED) is 0.143. The second kappa shape index (κ2) is 13.7. The molecule has 1 N–H and O–H groups in total. The number of non-ortho nitro benzene ring substituents is 1. The summed E-state index contributed by atoms with van der Waals surface area (Å²) in [6.45, 7) is 2.35. The van der Waals surface area contributed by atoms with Crippen LogP contribution in [0.1, 0.15) is 47.0 Å². The molecule has 0 fully saturated rings. The number of methoxy groups -OCH3 is 1. The second-order valence-corrected chi connectivity index (χ2v) is 13.7. The van der Waals surface area contributed by atoms with E-state index < -0.39 is 44.0 Å². The number of aromatic nitrogens is 1. The Labute approximate surface area is 249 Å². The number of carbonyl (C=O) groups is 3. The van der Waals surface area contributed by atoms with E-state index in [1.165, 1.54) is 36.6 Å². The Bertz CT molecular complexity index is 1700. The fourth-order valence-electron chi connectivity index (χ4n) is 4.65. The third-order valence-electron chi connectivity index (χ3n) is 6.46. The number of amides is 2. The summed E-state index contributed by atoms with van der Waals surface area (Å²) in [6, 6.07) is 4.20. The average molecular weight is 639 g/mol. The van der Waals surface area contributed by atoms with Crippen LogP contribution < -0.4 is 10.1 Å². The van der Waals surface area contributed by atoms with Crippen LogP contribution in [0.3, 0.4) is 0 Å². The first-order valence-corrected chi connectivity index (χ1v) is 16.6. The van der Waals surface area contributed by atoms with Gasteiger partial charge in [-0.2, -0.15) is 4.99 Å². The number of aryl methyl sites for hydroxylation is 1. The summed E-state index contributed by atoms with van der Waals surface area (Å²) >= 11 is 2.24. The zero-order valence-electron chi connectivity index (χ0n) is 23.0. The summed E-state index contributed by atoms with van der Waals surface area (Å²) in [4.78, 5) is 54.0. The van der Waals surface area contributed by atoms with E-state index >= 15 is 0 Å². The first kappa shape index (κ1) is 31.5. The number of thiazole rings is 1. The number of esters is 1. The maximum Gasteiger partial charge on any atom is 0.341 e. The van der Waals surface area contributed by atoms with Crippen molar-refractivity contribution in [2.24, 2.45) is 4.99 Å². The number of nitrogens with zero attached hydrogens (tertiary/aromatic N) is 3. The van der Waals surface area contributed by atoms with Crippen LogP contribution in [0.25, 0.3) is 10.2 Å². The van der Waals surface area contributed by atoms with Gasteiger partial charge < -0.3 is 19.4 Å². The average Bonchev–Trinajstić information content (AvgIpc) is 3.32. The maximum absolute atomic E-state index is 12.8. The molecule has 226 valence electrons. The summed E-state index contributed by atoms with van der Waals surface area (Å²) < 4.78 is 38.0. The number of thiophene rings is 1.